The van der Waals surface area contributed by atoms with Crippen LogP contribution in [0.1, 0.15) is 30.6 Å². The summed E-state index contributed by atoms with van der Waals surface area (Å²) in [4.78, 5) is 11.0. The number of hydrogen-bond donors (Lipinski definition) is 1. The maximum Gasteiger partial charge on any atom is 0.221 e. The molecule has 0 aliphatic heterocycles. The fourth-order valence-electron chi connectivity index (χ4n) is 2.62. The van der Waals surface area contributed by atoms with E-state index in [4.69, 9.17) is 4.74 Å². The molecule has 0 heterocycles. The van der Waals surface area contributed by atoms with Gasteiger partial charge in [-0.2, -0.15) is 0 Å². The van der Waals surface area contributed by atoms with Gasteiger partial charge in [-0.15, -0.1) is 0 Å². The second-order valence-corrected chi connectivity index (χ2v) is 5.05. The normalized spacial score (nSPS) is 16.6. The summed E-state index contributed by atoms with van der Waals surface area (Å²) in [6, 6.07) is 15.9. The summed E-state index contributed by atoms with van der Waals surface area (Å²) in [6.07, 6.45) is 2.23. The van der Waals surface area contributed by atoms with Crippen molar-refractivity contribution in [2.45, 2.75) is 25.9 Å². The fraction of sp³-hybridized carbons (Fsp3) is 0.235. The number of nitrogens with one attached hydrogen (secondary N) is 1. The zero-order chi connectivity index (χ0) is 13.9. The van der Waals surface area contributed by atoms with E-state index in [2.05, 4.69) is 29.6 Å². The maximum atomic E-state index is 11.0. The molecule has 0 saturated heterocycles. The van der Waals surface area contributed by atoms with Crippen LogP contribution in [0.5, 0.6) is 5.75 Å². The van der Waals surface area contributed by atoms with Gasteiger partial charge >= 0.3 is 0 Å². The predicted molar refractivity (Wildman–Crippen MR) is 78.9 cm³/mol. The molecule has 1 amide bonds. The molecule has 3 heteroatoms. The molecule has 2 aromatic carbocycles. The lowest BCUT2D eigenvalue weighted by atomic mass is 10.1. The first-order valence-corrected chi connectivity index (χ1v) is 6.84. The monoisotopic (exact) mass is 267 g/mol. The third-order valence-electron chi connectivity index (χ3n) is 3.53. The number of anilines is 1. The van der Waals surface area contributed by atoms with Crippen LogP contribution in [-0.2, 0) is 11.2 Å². The second-order valence-electron chi connectivity index (χ2n) is 5.05. The molecule has 0 unspecified atom stereocenters. The number of benzene rings is 2. The van der Waals surface area contributed by atoms with E-state index in [0.29, 0.717) is 0 Å². The molecule has 0 radical (unpaired) electrons. The highest BCUT2D eigenvalue weighted by Crippen LogP contribution is 2.34. The number of hydrogen-bond acceptors (Lipinski definition) is 2. The highest BCUT2D eigenvalue weighted by atomic mass is 16.5. The van der Waals surface area contributed by atoms with Crippen LogP contribution in [0.4, 0.5) is 5.69 Å². The van der Waals surface area contributed by atoms with Gasteiger partial charge < -0.3 is 10.1 Å². The van der Waals surface area contributed by atoms with E-state index >= 15 is 0 Å². The molecule has 1 aliphatic carbocycles. The van der Waals surface area contributed by atoms with Crippen LogP contribution in [0.15, 0.2) is 48.5 Å². The molecule has 0 fully saturated rings. The summed E-state index contributed by atoms with van der Waals surface area (Å²) in [6.45, 7) is 1.50. The molecule has 3 nitrogen and oxygen atoms in total. The van der Waals surface area contributed by atoms with Crippen LogP contribution >= 0.6 is 0 Å². The molecule has 1 atom stereocenters. The molecule has 3 rings (SSSR count). The van der Waals surface area contributed by atoms with Crippen molar-refractivity contribution in [1.82, 2.24) is 0 Å². The van der Waals surface area contributed by atoms with E-state index in [1.165, 1.54) is 18.1 Å². The van der Waals surface area contributed by atoms with Crippen LogP contribution < -0.4 is 10.1 Å². The summed E-state index contributed by atoms with van der Waals surface area (Å²) in [7, 11) is 0. The largest absolute Gasteiger partial charge is 0.486 e. The van der Waals surface area contributed by atoms with Gasteiger partial charge in [-0.1, -0.05) is 24.3 Å². The molecule has 0 spiro atoms. The van der Waals surface area contributed by atoms with Crippen LogP contribution in [0.25, 0.3) is 0 Å². The van der Waals surface area contributed by atoms with E-state index in [-0.39, 0.29) is 12.0 Å². The molecule has 1 aliphatic rings. The van der Waals surface area contributed by atoms with Crippen molar-refractivity contribution in [2.75, 3.05) is 5.32 Å². The van der Waals surface area contributed by atoms with E-state index < -0.39 is 0 Å². The van der Waals surface area contributed by atoms with E-state index in [1.807, 2.05) is 24.3 Å². The molecule has 0 saturated carbocycles. The summed E-state index contributed by atoms with van der Waals surface area (Å²) < 4.78 is 6.05. The van der Waals surface area contributed by atoms with Gasteiger partial charge in [0.25, 0.3) is 0 Å². The van der Waals surface area contributed by atoms with E-state index in [1.54, 1.807) is 0 Å². The maximum absolute atomic E-state index is 11.0. The average molecular weight is 267 g/mol. The Balaban J connectivity index is 1.71. The summed E-state index contributed by atoms with van der Waals surface area (Å²) in [5, 5.41) is 2.75. The van der Waals surface area contributed by atoms with Crippen LogP contribution in [0, 0.1) is 0 Å². The molecule has 102 valence electrons. The van der Waals surface area contributed by atoms with Crippen molar-refractivity contribution in [3.63, 3.8) is 0 Å². The van der Waals surface area contributed by atoms with Crippen molar-refractivity contribution in [1.29, 1.82) is 0 Å². The molecular weight excluding hydrogens is 250 g/mol. The Bertz CT molecular complexity index is 619. The van der Waals surface area contributed by atoms with Crippen LogP contribution in [0.2, 0.25) is 0 Å². The lowest BCUT2D eigenvalue weighted by Gasteiger charge is -2.15. The van der Waals surface area contributed by atoms with Crippen LogP contribution in [-0.4, -0.2) is 5.91 Å². The van der Waals surface area contributed by atoms with Gasteiger partial charge in [0.15, 0.2) is 0 Å². The minimum absolute atomic E-state index is 0.0663. The summed E-state index contributed by atoms with van der Waals surface area (Å²) in [5.41, 5.74) is 3.46. The topological polar surface area (TPSA) is 38.3 Å². The molecule has 0 bridgehead atoms. The average Bonchev–Trinajstić information content (AvgIpc) is 2.84. The first-order chi connectivity index (χ1) is 9.72. The number of carbonyl (C=O) groups is 1. The Morgan fingerprint density at radius 2 is 1.90 bits per heavy atom. The number of fused-ring (bicyclic) bond motifs is 1. The van der Waals surface area contributed by atoms with Crippen molar-refractivity contribution in [2.24, 2.45) is 0 Å². The molecule has 2 aromatic rings. The minimum atomic E-state index is -0.0663. The second kappa shape index (κ2) is 5.37. The Morgan fingerprint density at radius 1 is 1.15 bits per heavy atom. The third kappa shape index (κ3) is 2.67. The Kier molecular flexibility index (Phi) is 3.42. The van der Waals surface area contributed by atoms with Crippen molar-refractivity contribution >= 4 is 11.6 Å². The zero-order valence-corrected chi connectivity index (χ0v) is 11.4. The number of rotatable bonds is 3. The Morgan fingerprint density at radius 3 is 2.65 bits per heavy atom. The van der Waals surface area contributed by atoms with Gasteiger partial charge in [-0.3, -0.25) is 4.79 Å². The first kappa shape index (κ1) is 12.7. The minimum Gasteiger partial charge on any atom is -0.486 e. The van der Waals surface area contributed by atoms with Crippen molar-refractivity contribution in [3.8, 4) is 5.75 Å². The molecule has 0 aromatic heterocycles. The summed E-state index contributed by atoms with van der Waals surface area (Å²) in [5.74, 6) is 0.768. The van der Waals surface area contributed by atoms with Gasteiger partial charge in [-0.25, -0.2) is 0 Å². The van der Waals surface area contributed by atoms with Gasteiger partial charge in [0.05, 0.1) is 0 Å². The Labute approximate surface area is 118 Å². The number of aryl methyl sites for hydroxylation is 1. The van der Waals surface area contributed by atoms with Crippen molar-refractivity contribution in [3.05, 3.63) is 59.7 Å². The van der Waals surface area contributed by atoms with Crippen LogP contribution in [0.3, 0.4) is 0 Å². The fourth-order valence-corrected chi connectivity index (χ4v) is 2.62. The molecule has 20 heavy (non-hydrogen) atoms. The Hall–Kier alpha value is -2.29. The van der Waals surface area contributed by atoms with Gasteiger partial charge in [0, 0.05) is 12.6 Å². The summed E-state index contributed by atoms with van der Waals surface area (Å²) >= 11 is 0. The number of ether oxygens (including phenoxy) is 1. The first-order valence-electron chi connectivity index (χ1n) is 6.84. The van der Waals surface area contributed by atoms with Crippen molar-refractivity contribution < 1.29 is 9.53 Å². The SMILES string of the molecule is CC(=O)Nc1ccc(O[C@@H]2CCc3ccccc32)cc1. The lowest BCUT2D eigenvalue weighted by Crippen LogP contribution is -2.06. The highest BCUT2D eigenvalue weighted by Gasteiger charge is 2.23. The quantitative estimate of drug-likeness (QED) is 0.920. The lowest BCUT2D eigenvalue weighted by molar-refractivity contribution is -0.114. The highest BCUT2D eigenvalue weighted by molar-refractivity contribution is 5.88. The van der Waals surface area contributed by atoms with E-state index in [0.717, 1.165) is 24.3 Å². The zero-order valence-electron chi connectivity index (χ0n) is 11.4. The van der Waals surface area contributed by atoms with Gasteiger partial charge in [-0.05, 0) is 48.2 Å². The predicted octanol–water partition coefficient (Wildman–Crippen LogP) is 3.71. The molecule has 1 N–H and O–H groups in total. The smallest absolute Gasteiger partial charge is 0.221 e. The standard InChI is InChI=1S/C17H17NO2/c1-12(19)18-14-7-9-15(10-8-14)20-17-11-6-13-4-2-3-5-16(13)17/h2-5,7-10,17H,6,11H2,1H3,(H,18,19)/t17-/m1/s1. The van der Waals surface area contributed by atoms with Gasteiger partial charge in [0.1, 0.15) is 11.9 Å². The third-order valence-corrected chi connectivity index (χ3v) is 3.53. The number of amides is 1. The van der Waals surface area contributed by atoms with Gasteiger partial charge in [0.2, 0.25) is 5.91 Å². The van der Waals surface area contributed by atoms with E-state index in [9.17, 15) is 4.79 Å². The molecular formula is C17H17NO2. The number of carbonyl (C=O) groups excluding carboxylic acids is 1.